The van der Waals surface area contributed by atoms with Crippen LogP contribution in [0.4, 0.5) is 5.69 Å². The van der Waals surface area contributed by atoms with Crippen molar-refractivity contribution in [1.82, 2.24) is 0 Å². The standard InChI is InChI=1S/C21H24ClNO2/c1-2-15-25-17-11-9-16(10-12-17)23-20(24)21(13-5-6-14-21)18-7-3-4-8-19(18)22/h3-4,7-12H,2,5-6,13-15H2,1H3,(H,23,24). The van der Waals surface area contributed by atoms with Crippen molar-refractivity contribution in [2.24, 2.45) is 0 Å². The van der Waals surface area contributed by atoms with E-state index in [1.54, 1.807) is 0 Å². The third kappa shape index (κ3) is 3.82. The van der Waals surface area contributed by atoms with Crippen molar-refractivity contribution in [2.45, 2.75) is 44.4 Å². The molecule has 25 heavy (non-hydrogen) atoms. The summed E-state index contributed by atoms with van der Waals surface area (Å²) >= 11 is 6.41. The molecule has 0 heterocycles. The minimum Gasteiger partial charge on any atom is -0.494 e. The van der Waals surface area contributed by atoms with Gasteiger partial charge < -0.3 is 10.1 Å². The fraction of sp³-hybridized carbons (Fsp3) is 0.381. The highest BCUT2D eigenvalue weighted by Crippen LogP contribution is 2.44. The Morgan fingerprint density at radius 3 is 2.44 bits per heavy atom. The first-order chi connectivity index (χ1) is 12.2. The van der Waals surface area contributed by atoms with Gasteiger partial charge in [-0.3, -0.25) is 4.79 Å². The summed E-state index contributed by atoms with van der Waals surface area (Å²) in [6.45, 7) is 2.77. The quantitative estimate of drug-likeness (QED) is 0.732. The molecule has 1 aliphatic carbocycles. The third-order valence-corrected chi connectivity index (χ3v) is 5.20. The number of benzene rings is 2. The molecule has 0 aromatic heterocycles. The first-order valence-corrected chi connectivity index (χ1v) is 9.33. The van der Waals surface area contributed by atoms with Crippen LogP contribution in [0, 0.1) is 0 Å². The Morgan fingerprint density at radius 1 is 1.12 bits per heavy atom. The number of halogens is 1. The van der Waals surface area contributed by atoms with Crippen molar-refractivity contribution < 1.29 is 9.53 Å². The van der Waals surface area contributed by atoms with Crippen LogP contribution in [-0.4, -0.2) is 12.5 Å². The molecule has 4 heteroatoms. The molecular formula is C21H24ClNO2. The lowest BCUT2D eigenvalue weighted by atomic mass is 9.78. The molecule has 0 saturated heterocycles. The average molecular weight is 358 g/mol. The Kier molecular flexibility index (Phi) is 5.64. The molecule has 2 aromatic carbocycles. The van der Waals surface area contributed by atoms with Crippen LogP contribution in [0.1, 0.15) is 44.6 Å². The van der Waals surface area contributed by atoms with Crippen LogP contribution in [0.15, 0.2) is 48.5 Å². The van der Waals surface area contributed by atoms with E-state index in [4.69, 9.17) is 16.3 Å². The minimum atomic E-state index is -0.532. The fourth-order valence-electron chi connectivity index (χ4n) is 3.55. The molecule has 3 rings (SSSR count). The number of hydrogen-bond donors (Lipinski definition) is 1. The lowest BCUT2D eigenvalue weighted by Gasteiger charge is -2.29. The van der Waals surface area contributed by atoms with E-state index >= 15 is 0 Å². The van der Waals surface area contributed by atoms with E-state index in [9.17, 15) is 4.79 Å². The SMILES string of the molecule is CCCOc1ccc(NC(=O)C2(c3ccccc3Cl)CCCC2)cc1. The Bertz CT molecular complexity index is 721. The van der Waals surface area contributed by atoms with Gasteiger partial charge in [-0.2, -0.15) is 0 Å². The van der Waals surface area contributed by atoms with Crippen LogP contribution >= 0.6 is 11.6 Å². The summed E-state index contributed by atoms with van der Waals surface area (Å²) in [6, 6.07) is 15.3. The Hall–Kier alpha value is -2.00. The second-order valence-corrected chi connectivity index (χ2v) is 7.00. The molecule has 0 unspecified atom stereocenters. The summed E-state index contributed by atoms with van der Waals surface area (Å²) in [5.41, 5.74) is 1.19. The maximum Gasteiger partial charge on any atom is 0.235 e. The van der Waals surface area contributed by atoms with Crippen molar-refractivity contribution >= 4 is 23.2 Å². The second-order valence-electron chi connectivity index (χ2n) is 6.60. The smallest absolute Gasteiger partial charge is 0.235 e. The average Bonchev–Trinajstić information content (AvgIpc) is 3.12. The zero-order valence-corrected chi connectivity index (χ0v) is 15.3. The van der Waals surface area contributed by atoms with E-state index in [0.29, 0.717) is 11.6 Å². The van der Waals surface area contributed by atoms with E-state index in [1.807, 2.05) is 48.5 Å². The monoisotopic (exact) mass is 357 g/mol. The van der Waals surface area contributed by atoms with Crippen LogP contribution in [0.5, 0.6) is 5.75 Å². The molecule has 1 fully saturated rings. The van der Waals surface area contributed by atoms with Crippen LogP contribution in [0.2, 0.25) is 5.02 Å². The van der Waals surface area contributed by atoms with Gasteiger partial charge in [0.25, 0.3) is 0 Å². The molecule has 1 saturated carbocycles. The Morgan fingerprint density at radius 2 is 1.80 bits per heavy atom. The molecule has 3 nitrogen and oxygen atoms in total. The summed E-state index contributed by atoms with van der Waals surface area (Å²) < 4.78 is 5.59. The summed E-state index contributed by atoms with van der Waals surface area (Å²) in [5, 5.41) is 3.75. The highest BCUT2D eigenvalue weighted by atomic mass is 35.5. The molecule has 0 bridgehead atoms. The molecule has 0 atom stereocenters. The molecule has 1 aliphatic rings. The van der Waals surface area contributed by atoms with Crippen molar-refractivity contribution in [3.63, 3.8) is 0 Å². The van der Waals surface area contributed by atoms with E-state index in [0.717, 1.165) is 49.1 Å². The normalized spacial score (nSPS) is 15.8. The van der Waals surface area contributed by atoms with Crippen LogP contribution in [-0.2, 0) is 10.2 Å². The number of hydrogen-bond acceptors (Lipinski definition) is 2. The van der Waals surface area contributed by atoms with E-state index in [-0.39, 0.29) is 5.91 Å². The third-order valence-electron chi connectivity index (χ3n) is 4.87. The van der Waals surface area contributed by atoms with Gasteiger partial charge in [0.15, 0.2) is 0 Å². The zero-order valence-electron chi connectivity index (χ0n) is 14.6. The summed E-state index contributed by atoms with van der Waals surface area (Å²) in [5.74, 6) is 0.849. The summed E-state index contributed by atoms with van der Waals surface area (Å²) in [7, 11) is 0. The van der Waals surface area contributed by atoms with Gasteiger partial charge in [-0.15, -0.1) is 0 Å². The molecule has 1 N–H and O–H groups in total. The topological polar surface area (TPSA) is 38.3 Å². The van der Waals surface area contributed by atoms with E-state index < -0.39 is 5.41 Å². The second kappa shape index (κ2) is 7.92. The highest BCUT2D eigenvalue weighted by molar-refractivity contribution is 6.31. The number of nitrogens with one attached hydrogen (secondary N) is 1. The first-order valence-electron chi connectivity index (χ1n) is 8.95. The maximum absolute atomic E-state index is 13.1. The number of anilines is 1. The number of carbonyl (C=O) groups excluding carboxylic acids is 1. The van der Waals surface area contributed by atoms with E-state index in [2.05, 4.69) is 12.2 Å². The lowest BCUT2D eigenvalue weighted by Crippen LogP contribution is -2.38. The molecule has 1 amide bonds. The van der Waals surface area contributed by atoms with Gasteiger partial charge in [-0.05, 0) is 55.2 Å². The summed E-state index contributed by atoms with van der Waals surface area (Å²) in [6.07, 6.45) is 4.73. The number of carbonyl (C=O) groups is 1. The van der Waals surface area contributed by atoms with Gasteiger partial charge in [-0.1, -0.05) is 49.6 Å². The number of amides is 1. The number of rotatable bonds is 6. The Balaban J connectivity index is 1.79. The first kappa shape index (κ1) is 17.8. The number of ether oxygens (including phenoxy) is 1. The summed E-state index contributed by atoms with van der Waals surface area (Å²) in [4.78, 5) is 13.1. The predicted molar refractivity (Wildman–Crippen MR) is 102 cm³/mol. The van der Waals surface area contributed by atoms with Crippen LogP contribution in [0.25, 0.3) is 0 Å². The molecule has 0 radical (unpaired) electrons. The minimum absolute atomic E-state index is 0.0281. The Labute approximate surface area is 154 Å². The molecule has 0 spiro atoms. The van der Waals surface area contributed by atoms with Crippen molar-refractivity contribution in [2.75, 3.05) is 11.9 Å². The fourth-order valence-corrected chi connectivity index (χ4v) is 3.87. The maximum atomic E-state index is 13.1. The van der Waals surface area contributed by atoms with Gasteiger partial charge in [0.2, 0.25) is 5.91 Å². The van der Waals surface area contributed by atoms with Crippen LogP contribution < -0.4 is 10.1 Å². The van der Waals surface area contributed by atoms with Crippen LogP contribution in [0.3, 0.4) is 0 Å². The molecular weight excluding hydrogens is 334 g/mol. The zero-order chi connectivity index (χ0) is 17.7. The van der Waals surface area contributed by atoms with Crippen molar-refractivity contribution in [1.29, 1.82) is 0 Å². The predicted octanol–water partition coefficient (Wildman–Crippen LogP) is 5.58. The van der Waals surface area contributed by atoms with E-state index in [1.165, 1.54) is 0 Å². The molecule has 0 aliphatic heterocycles. The largest absolute Gasteiger partial charge is 0.494 e. The van der Waals surface area contributed by atoms with Gasteiger partial charge in [0, 0.05) is 10.7 Å². The van der Waals surface area contributed by atoms with Crippen molar-refractivity contribution in [3.8, 4) is 5.75 Å². The lowest BCUT2D eigenvalue weighted by molar-refractivity contribution is -0.121. The van der Waals surface area contributed by atoms with Gasteiger partial charge >= 0.3 is 0 Å². The highest BCUT2D eigenvalue weighted by Gasteiger charge is 2.43. The van der Waals surface area contributed by atoms with Gasteiger partial charge in [-0.25, -0.2) is 0 Å². The van der Waals surface area contributed by atoms with Crippen molar-refractivity contribution in [3.05, 3.63) is 59.1 Å². The molecule has 2 aromatic rings. The molecule has 132 valence electrons. The van der Waals surface area contributed by atoms with Gasteiger partial charge in [0.05, 0.1) is 12.0 Å². The van der Waals surface area contributed by atoms with Gasteiger partial charge in [0.1, 0.15) is 5.75 Å².